The minimum absolute atomic E-state index is 0.0450. The molecule has 0 radical (unpaired) electrons. The van der Waals surface area contributed by atoms with Crippen LogP contribution in [0.4, 0.5) is 0 Å². The van der Waals surface area contributed by atoms with Crippen LogP contribution in [0.1, 0.15) is 21.5 Å². The number of alkyl halides is 1. The van der Waals surface area contributed by atoms with Crippen LogP contribution in [0.5, 0.6) is 0 Å². The number of carbonyl (C=O) groups excluding carboxylic acids is 1. The van der Waals surface area contributed by atoms with Gasteiger partial charge in [0.25, 0.3) is 5.91 Å². The molecule has 0 aliphatic rings. The number of rotatable bonds is 5. The summed E-state index contributed by atoms with van der Waals surface area (Å²) in [6.07, 6.45) is 1.97. The fraction of sp³-hybridized carbons (Fsp3) is 0.188. The molecule has 2 nitrogen and oxygen atoms in total. The molecule has 1 N–H and O–H groups in total. The number of hydrogen-bond acceptors (Lipinski definition) is 2. The fourth-order valence-electron chi connectivity index (χ4n) is 1.86. The second kappa shape index (κ2) is 7.36. The number of halogens is 1. The molecule has 2 rings (SSSR count). The maximum atomic E-state index is 12.2. The molecule has 0 aliphatic heterocycles. The molecule has 0 spiro atoms. The average molecular weight is 306 g/mol. The largest absolute Gasteiger partial charge is 0.348 e. The van der Waals surface area contributed by atoms with Gasteiger partial charge in [0.2, 0.25) is 0 Å². The van der Waals surface area contributed by atoms with Gasteiger partial charge in [0.15, 0.2) is 0 Å². The van der Waals surface area contributed by atoms with Crippen LogP contribution >= 0.6 is 23.4 Å². The predicted molar refractivity (Wildman–Crippen MR) is 85.4 cm³/mol. The molecule has 0 unspecified atom stereocenters. The van der Waals surface area contributed by atoms with Gasteiger partial charge in [-0.25, -0.2) is 0 Å². The van der Waals surface area contributed by atoms with Gasteiger partial charge < -0.3 is 5.32 Å². The molecule has 0 atom stereocenters. The molecular formula is C16H16ClNOS. The van der Waals surface area contributed by atoms with E-state index in [1.807, 2.05) is 54.8 Å². The number of carbonyl (C=O) groups is 1. The van der Waals surface area contributed by atoms with Crippen molar-refractivity contribution in [2.24, 2.45) is 0 Å². The van der Waals surface area contributed by atoms with E-state index in [0.717, 1.165) is 21.6 Å². The highest BCUT2D eigenvalue weighted by atomic mass is 35.5. The SMILES string of the molecule is CSc1ccccc1C(=O)NCc1ccc(CCl)cc1. The summed E-state index contributed by atoms with van der Waals surface area (Å²) in [6, 6.07) is 15.5. The van der Waals surface area contributed by atoms with Crippen molar-refractivity contribution in [1.29, 1.82) is 0 Å². The fourth-order valence-corrected chi connectivity index (χ4v) is 2.63. The zero-order valence-electron chi connectivity index (χ0n) is 11.2. The lowest BCUT2D eigenvalue weighted by Crippen LogP contribution is -2.23. The van der Waals surface area contributed by atoms with E-state index in [0.29, 0.717) is 12.4 Å². The van der Waals surface area contributed by atoms with E-state index in [-0.39, 0.29) is 5.91 Å². The first kappa shape index (κ1) is 14.9. The van der Waals surface area contributed by atoms with E-state index in [2.05, 4.69) is 5.32 Å². The molecule has 2 aromatic carbocycles. The first-order chi connectivity index (χ1) is 9.74. The van der Waals surface area contributed by atoms with Crippen molar-refractivity contribution >= 4 is 29.3 Å². The van der Waals surface area contributed by atoms with Gasteiger partial charge in [-0.05, 0) is 29.5 Å². The number of amides is 1. The van der Waals surface area contributed by atoms with Crippen LogP contribution in [-0.4, -0.2) is 12.2 Å². The van der Waals surface area contributed by atoms with Crippen LogP contribution in [0, 0.1) is 0 Å². The maximum absolute atomic E-state index is 12.2. The van der Waals surface area contributed by atoms with E-state index >= 15 is 0 Å². The monoisotopic (exact) mass is 305 g/mol. The highest BCUT2D eigenvalue weighted by molar-refractivity contribution is 7.98. The van der Waals surface area contributed by atoms with Gasteiger partial charge in [-0.3, -0.25) is 4.79 Å². The number of thioether (sulfide) groups is 1. The minimum atomic E-state index is -0.0450. The lowest BCUT2D eigenvalue weighted by Gasteiger charge is -2.09. The molecule has 0 saturated carbocycles. The summed E-state index contributed by atoms with van der Waals surface area (Å²) in [5.74, 6) is 0.463. The molecule has 0 aliphatic carbocycles. The molecule has 4 heteroatoms. The highest BCUT2D eigenvalue weighted by Crippen LogP contribution is 2.19. The van der Waals surface area contributed by atoms with Crippen LogP contribution in [-0.2, 0) is 12.4 Å². The lowest BCUT2D eigenvalue weighted by atomic mass is 10.1. The lowest BCUT2D eigenvalue weighted by molar-refractivity contribution is 0.0948. The van der Waals surface area contributed by atoms with Crippen molar-refractivity contribution < 1.29 is 4.79 Å². The van der Waals surface area contributed by atoms with Gasteiger partial charge in [0.05, 0.1) is 5.56 Å². The second-order valence-corrected chi connectivity index (χ2v) is 5.45. The van der Waals surface area contributed by atoms with Crippen molar-refractivity contribution in [3.05, 3.63) is 65.2 Å². The van der Waals surface area contributed by atoms with Gasteiger partial charge in [-0.1, -0.05) is 36.4 Å². The third kappa shape index (κ3) is 3.78. The van der Waals surface area contributed by atoms with E-state index in [4.69, 9.17) is 11.6 Å². The number of benzene rings is 2. The molecule has 0 bridgehead atoms. The van der Waals surface area contributed by atoms with Gasteiger partial charge in [0.1, 0.15) is 0 Å². The Morgan fingerprint density at radius 3 is 2.40 bits per heavy atom. The third-order valence-electron chi connectivity index (χ3n) is 2.98. The van der Waals surface area contributed by atoms with Crippen LogP contribution in [0.25, 0.3) is 0 Å². The van der Waals surface area contributed by atoms with Crippen molar-refractivity contribution in [3.8, 4) is 0 Å². The summed E-state index contributed by atoms with van der Waals surface area (Å²) >= 11 is 7.32. The molecule has 20 heavy (non-hydrogen) atoms. The molecule has 0 fully saturated rings. The van der Waals surface area contributed by atoms with Crippen LogP contribution in [0.3, 0.4) is 0 Å². The molecular weight excluding hydrogens is 290 g/mol. The van der Waals surface area contributed by atoms with Gasteiger partial charge >= 0.3 is 0 Å². The maximum Gasteiger partial charge on any atom is 0.252 e. The summed E-state index contributed by atoms with van der Waals surface area (Å²) in [4.78, 5) is 13.2. The van der Waals surface area contributed by atoms with Crippen molar-refractivity contribution in [1.82, 2.24) is 5.32 Å². The third-order valence-corrected chi connectivity index (χ3v) is 4.09. The Balaban J connectivity index is 2.01. The average Bonchev–Trinajstić information content (AvgIpc) is 2.53. The molecule has 0 heterocycles. The Labute approximate surface area is 128 Å². The molecule has 104 valence electrons. The Bertz CT molecular complexity index is 583. The zero-order chi connectivity index (χ0) is 14.4. The minimum Gasteiger partial charge on any atom is -0.348 e. The number of hydrogen-bond donors (Lipinski definition) is 1. The first-order valence-corrected chi connectivity index (χ1v) is 8.05. The first-order valence-electron chi connectivity index (χ1n) is 6.29. The Morgan fingerprint density at radius 2 is 1.75 bits per heavy atom. The second-order valence-electron chi connectivity index (χ2n) is 4.33. The Morgan fingerprint density at radius 1 is 1.10 bits per heavy atom. The van der Waals surface area contributed by atoms with Crippen LogP contribution in [0.2, 0.25) is 0 Å². The molecule has 0 saturated heterocycles. The van der Waals surface area contributed by atoms with E-state index in [1.54, 1.807) is 11.8 Å². The van der Waals surface area contributed by atoms with Crippen molar-refractivity contribution in [2.75, 3.05) is 6.26 Å². The van der Waals surface area contributed by atoms with E-state index in [1.165, 1.54) is 0 Å². The highest BCUT2D eigenvalue weighted by Gasteiger charge is 2.09. The number of nitrogens with one attached hydrogen (secondary N) is 1. The normalized spacial score (nSPS) is 10.3. The molecule has 0 aromatic heterocycles. The van der Waals surface area contributed by atoms with E-state index in [9.17, 15) is 4.79 Å². The quantitative estimate of drug-likeness (QED) is 0.666. The van der Waals surface area contributed by atoms with Gasteiger partial charge in [-0.2, -0.15) is 0 Å². The summed E-state index contributed by atoms with van der Waals surface area (Å²) in [5.41, 5.74) is 2.86. The summed E-state index contributed by atoms with van der Waals surface area (Å²) in [7, 11) is 0. The zero-order valence-corrected chi connectivity index (χ0v) is 12.8. The van der Waals surface area contributed by atoms with Crippen LogP contribution in [0.15, 0.2) is 53.4 Å². The summed E-state index contributed by atoms with van der Waals surface area (Å²) in [5, 5.41) is 2.94. The summed E-state index contributed by atoms with van der Waals surface area (Å²) < 4.78 is 0. The Kier molecular flexibility index (Phi) is 5.50. The van der Waals surface area contributed by atoms with Gasteiger partial charge in [-0.15, -0.1) is 23.4 Å². The van der Waals surface area contributed by atoms with Crippen molar-refractivity contribution in [3.63, 3.8) is 0 Å². The summed E-state index contributed by atoms with van der Waals surface area (Å²) in [6.45, 7) is 0.518. The topological polar surface area (TPSA) is 29.1 Å². The van der Waals surface area contributed by atoms with Crippen LogP contribution < -0.4 is 5.32 Å². The Hall–Kier alpha value is -1.45. The predicted octanol–water partition coefficient (Wildman–Crippen LogP) is 4.08. The standard InChI is InChI=1S/C16H16ClNOS/c1-20-15-5-3-2-4-14(15)16(19)18-11-13-8-6-12(10-17)7-9-13/h2-9H,10-11H2,1H3,(H,18,19). The van der Waals surface area contributed by atoms with E-state index < -0.39 is 0 Å². The van der Waals surface area contributed by atoms with Gasteiger partial charge in [0, 0.05) is 17.3 Å². The smallest absolute Gasteiger partial charge is 0.252 e. The molecule has 1 amide bonds. The van der Waals surface area contributed by atoms with Crippen molar-refractivity contribution in [2.45, 2.75) is 17.3 Å². The molecule has 2 aromatic rings.